The lowest BCUT2D eigenvalue weighted by Crippen LogP contribution is -2.46. The molecule has 3 N–H and O–H groups in total. The molecule has 1 aliphatic carbocycles. The molecule has 7 nitrogen and oxygen atoms in total. The number of rotatable bonds is 4. The van der Waals surface area contributed by atoms with Gasteiger partial charge in [0.05, 0.1) is 29.5 Å². The van der Waals surface area contributed by atoms with Crippen molar-refractivity contribution in [3.8, 4) is 0 Å². The van der Waals surface area contributed by atoms with Crippen LogP contribution in [0.1, 0.15) is 19.8 Å². The minimum Gasteiger partial charge on any atom is -0.371 e. The van der Waals surface area contributed by atoms with Crippen LogP contribution in [0.25, 0.3) is 0 Å². The summed E-state index contributed by atoms with van der Waals surface area (Å²) in [5.74, 6) is -1.25. The van der Waals surface area contributed by atoms with Crippen LogP contribution in [-0.4, -0.2) is 65.9 Å². The molecule has 3 unspecified atom stereocenters. The van der Waals surface area contributed by atoms with Gasteiger partial charge in [-0.3, -0.25) is 14.8 Å². The molecule has 1 aromatic heterocycles. The van der Waals surface area contributed by atoms with Crippen molar-refractivity contribution in [1.29, 1.82) is 0 Å². The summed E-state index contributed by atoms with van der Waals surface area (Å²) in [7, 11) is 0. The van der Waals surface area contributed by atoms with Crippen LogP contribution in [0.2, 0.25) is 0 Å². The fourth-order valence-electron chi connectivity index (χ4n) is 5.52. The molecule has 0 bridgehead atoms. The van der Waals surface area contributed by atoms with Crippen molar-refractivity contribution in [2.24, 2.45) is 28.5 Å². The average molecular weight is 501 g/mol. The summed E-state index contributed by atoms with van der Waals surface area (Å²) >= 11 is 0. The number of alkyl halides is 3. The molecule has 0 saturated carbocycles. The highest BCUT2D eigenvalue weighted by molar-refractivity contribution is 6.47. The first-order valence-corrected chi connectivity index (χ1v) is 12.4. The first kappa shape index (κ1) is 24.5. The molecular weight excluding hydrogens is 469 g/mol. The van der Waals surface area contributed by atoms with Gasteiger partial charge in [-0.1, -0.05) is 19.1 Å². The van der Waals surface area contributed by atoms with E-state index in [9.17, 15) is 18.0 Å². The molecule has 0 radical (unpaired) electrons. The number of piperidine rings is 1. The van der Waals surface area contributed by atoms with Crippen LogP contribution in [0.15, 0.2) is 59.5 Å². The summed E-state index contributed by atoms with van der Waals surface area (Å²) in [5, 5.41) is 2.95. The second-order valence-electron chi connectivity index (χ2n) is 10.2. The number of aromatic nitrogens is 1. The van der Waals surface area contributed by atoms with Gasteiger partial charge in [-0.15, -0.1) is 0 Å². The number of pyridine rings is 1. The van der Waals surface area contributed by atoms with Gasteiger partial charge >= 0.3 is 6.18 Å². The maximum Gasteiger partial charge on any atom is 0.393 e. The van der Waals surface area contributed by atoms with Gasteiger partial charge in [-0.05, 0) is 43.1 Å². The molecular formula is C26H31F3N6O. The van der Waals surface area contributed by atoms with Crippen LogP contribution in [0.5, 0.6) is 0 Å². The van der Waals surface area contributed by atoms with Crippen molar-refractivity contribution in [2.45, 2.75) is 38.0 Å². The van der Waals surface area contributed by atoms with E-state index in [-0.39, 0.29) is 42.6 Å². The van der Waals surface area contributed by atoms with Gasteiger partial charge in [0.2, 0.25) is 0 Å². The number of aliphatic imine (C=N–C) groups is 1. The summed E-state index contributed by atoms with van der Waals surface area (Å²) in [6, 6.07) is 1.60. The molecule has 2 saturated heterocycles. The molecule has 0 aromatic carbocycles. The molecule has 10 heteroatoms. The van der Waals surface area contributed by atoms with Gasteiger partial charge in [0.1, 0.15) is 5.71 Å². The molecule has 2 fully saturated rings. The van der Waals surface area contributed by atoms with Crippen molar-refractivity contribution in [1.82, 2.24) is 9.88 Å². The number of hydrogen-bond acceptors (Lipinski definition) is 6. The maximum atomic E-state index is 13.2. The Kier molecular flexibility index (Phi) is 6.63. The third kappa shape index (κ3) is 5.18. The second-order valence-corrected chi connectivity index (χ2v) is 10.2. The molecule has 36 heavy (non-hydrogen) atoms. The largest absolute Gasteiger partial charge is 0.393 e. The zero-order chi connectivity index (χ0) is 25.4. The topological polar surface area (TPSA) is 86.8 Å². The molecule has 192 valence electrons. The number of nitrogens with two attached hydrogens (primary N) is 1. The molecule has 5 rings (SSSR count). The molecule has 4 aliphatic rings. The van der Waals surface area contributed by atoms with Gasteiger partial charge < -0.3 is 20.9 Å². The predicted molar refractivity (Wildman–Crippen MR) is 134 cm³/mol. The highest BCUT2D eigenvalue weighted by Crippen LogP contribution is 2.36. The highest BCUT2D eigenvalue weighted by Gasteiger charge is 2.44. The van der Waals surface area contributed by atoms with Crippen LogP contribution < -0.4 is 16.0 Å². The zero-order valence-electron chi connectivity index (χ0n) is 20.2. The van der Waals surface area contributed by atoms with Gasteiger partial charge in [-0.25, -0.2) is 0 Å². The van der Waals surface area contributed by atoms with Gasteiger partial charge in [0.15, 0.2) is 0 Å². The number of likely N-dealkylation sites (tertiary alicyclic amines) is 1. The van der Waals surface area contributed by atoms with E-state index in [1.54, 1.807) is 23.4 Å². The Morgan fingerprint density at radius 3 is 2.72 bits per heavy atom. The number of hydrogen-bond donors (Lipinski definition) is 2. The van der Waals surface area contributed by atoms with E-state index in [1.807, 2.05) is 30.4 Å². The van der Waals surface area contributed by atoms with Crippen molar-refractivity contribution in [3.63, 3.8) is 0 Å². The molecule has 1 aromatic rings. The molecule has 0 spiro atoms. The van der Waals surface area contributed by atoms with E-state index in [4.69, 9.17) is 5.73 Å². The molecule has 4 heterocycles. The number of carbonyl (C=O) groups excluding carboxylic acids is 1. The van der Waals surface area contributed by atoms with E-state index in [0.29, 0.717) is 24.7 Å². The van der Waals surface area contributed by atoms with Crippen molar-refractivity contribution >= 4 is 23.0 Å². The number of halogens is 3. The predicted octanol–water partition coefficient (Wildman–Crippen LogP) is 3.53. The van der Waals surface area contributed by atoms with Crippen LogP contribution in [-0.2, 0) is 4.79 Å². The Morgan fingerprint density at radius 2 is 1.97 bits per heavy atom. The third-order valence-electron chi connectivity index (χ3n) is 7.32. The normalized spacial score (nSPS) is 30.1. The lowest BCUT2D eigenvalue weighted by atomic mass is 9.91. The molecule has 1 amide bonds. The van der Waals surface area contributed by atoms with Crippen molar-refractivity contribution in [2.75, 3.05) is 36.4 Å². The number of anilines is 2. The lowest BCUT2D eigenvalue weighted by molar-refractivity contribution is -0.170. The number of nitrogens with one attached hydrogen (secondary N) is 1. The average Bonchev–Trinajstić information content (AvgIpc) is 3.34. The van der Waals surface area contributed by atoms with Gasteiger partial charge in [0, 0.05) is 50.0 Å². The number of nitrogens with zero attached hydrogens (tertiary/aromatic N) is 4. The Labute approximate surface area is 208 Å². The third-order valence-corrected chi connectivity index (χ3v) is 7.32. The van der Waals surface area contributed by atoms with Gasteiger partial charge in [-0.2, -0.15) is 13.2 Å². The Morgan fingerprint density at radius 1 is 1.17 bits per heavy atom. The smallest absolute Gasteiger partial charge is 0.371 e. The Bertz CT molecular complexity index is 1120. The van der Waals surface area contributed by atoms with E-state index >= 15 is 0 Å². The number of carbonyl (C=O) groups is 1. The van der Waals surface area contributed by atoms with Gasteiger partial charge in [0.25, 0.3) is 5.91 Å². The van der Waals surface area contributed by atoms with Crippen molar-refractivity contribution < 1.29 is 18.0 Å². The number of fused-ring (bicyclic) bond motifs is 1. The Hall–Kier alpha value is -3.14. The molecule has 5 atom stereocenters. The minimum atomic E-state index is -4.18. The summed E-state index contributed by atoms with van der Waals surface area (Å²) in [6.07, 6.45) is 9.47. The number of dihydropyridines is 1. The van der Waals surface area contributed by atoms with E-state index in [1.165, 1.54) is 0 Å². The van der Waals surface area contributed by atoms with Crippen LogP contribution in [0.4, 0.5) is 24.5 Å². The number of amides is 1. The Balaban J connectivity index is 1.30. The monoisotopic (exact) mass is 500 g/mol. The van der Waals surface area contributed by atoms with Crippen molar-refractivity contribution in [3.05, 3.63) is 54.5 Å². The van der Waals surface area contributed by atoms with Crippen LogP contribution >= 0.6 is 0 Å². The van der Waals surface area contributed by atoms with Crippen LogP contribution in [0, 0.1) is 17.8 Å². The summed E-state index contributed by atoms with van der Waals surface area (Å²) in [4.78, 5) is 25.9. The quantitative estimate of drug-likeness (QED) is 0.661. The van der Waals surface area contributed by atoms with E-state index < -0.39 is 12.1 Å². The first-order valence-electron chi connectivity index (χ1n) is 12.4. The SMILES string of the molecule is C[C@@H]1C[C@H](N)CN(c2ccncc2NC(=O)C2=NC3C=C(N4CCC(C(F)(F)F)C4)C=CC3C=C2)C1. The fourth-order valence-corrected chi connectivity index (χ4v) is 5.52. The van der Waals surface area contributed by atoms with E-state index in [0.717, 1.165) is 24.4 Å². The van der Waals surface area contributed by atoms with E-state index in [2.05, 4.69) is 27.1 Å². The first-order chi connectivity index (χ1) is 17.2. The zero-order valence-corrected chi connectivity index (χ0v) is 20.2. The standard InChI is InChI=1S/C26H31F3N6O/c1-16-10-19(30)15-35(13-16)24-6-8-31-12-23(24)33-25(36)21-5-3-17-2-4-20(11-22(17)32-21)34-9-7-18(14-34)26(27,28)29/h2-6,8,11-12,16-19,22H,7,9-10,13-15,30H2,1H3,(H,33,36)/t16-,17?,18?,19+,22?/m1/s1. The summed E-state index contributed by atoms with van der Waals surface area (Å²) in [6.45, 7) is 4.01. The molecule has 3 aliphatic heterocycles. The maximum absolute atomic E-state index is 13.2. The minimum absolute atomic E-state index is 0.0309. The highest BCUT2D eigenvalue weighted by atomic mass is 19.4. The second kappa shape index (κ2) is 9.72. The number of allylic oxidation sites excluding steroid dienone is 1. The van der Waals surface area contributed by atoms with Crippen LogP contribution in [0.3, 0.4) is 0 Å². The summed E-state index contributed by atoms with van der Waals surface area (Å²) < 4.78 is 39.4. The fraction of sp³-hybridized carbons (Fsp3) is 0.500. The summed E-state index contributed by atoms with van der Waals surface area (Å²) in [5.41, 5.74) is 8.69. The lowest BCUT2D eigenvalue weighted by Gasteiger charge is -2.37.